The minimum absolute atomic E-state index is 0.0496. The van der Waals surface area contributed by atoms with E-state index in [2.05, 4.69) is 5.32 Å². The summed E-state index contributed by atoms with van der Waals surface area (Å²) in [4.78, 5) is 21.0. The Hall–Kier alpha value is -1.26. The van der Waals surface area contributed by atoms with Gasteiger partial charge in [0.2, 0.25) is 0 Å². The average Bonchev–Trinajstić information content (AvgIpc) is 2.61. The molecule has 0 aromatic heterocycles. The van der Waals surface area contributed by atoms with Crippen molar-refractivity contribution in [2.45, 2.75) is 18.9 Å². The molecule has 2 fully saturated rings. The monoisotopic (exact) mass is 185 g/mol. The van der Waals surface area contributed by atoms with Gasteiger partial charge in [0.25, 0.3) is 0 Å². The molecule has 0 spiro atoms. The average molecular weight is 185 g/mol. The molecular weight excluding hydrogens is 174 g/mol. The first-order chi connectivity index (χ1) is 6.11. The number of aliphatic carboxylic acids is 1. The van der Waals surface area contributed by atoms with Gasteiger partial charge in [0.15, 0.2) is 0 Å². The summed E-state index contributed by atoms with van der Waals surface area (Å²) in [6.45, 7) is 0. The van der Waals surface area contributed by atoms with Gasteiger partial charge in [-0.15, -0.1) is 0 Å². The van der Waals surface area contributed by atoms with Crippen LogP contribution in [0, 0.1) is 17.8 Å². The first-order valence-corrected chi connectivity index (χ1v) is 4.33. The second-order valence-electron chi connectivity index (χ2n) is 3.74. The number of carboxylic acids is 1. The van der Waals surface area contributed by atoms with Crippen molar-refractivity contribution in [1.82, 2.24) is 5.32 Å². The van der Waals surface area contributed by atoms with E-state index in [4.69, 9.17) is 10.2 Å². The van der Waals surface area contributed by atoms with Crippen LogP contribution in [-0.2, 0) is 4.79 Å². The van der Waals surface area contributed by atoms with Crippen LogP contribution >= 0.6 is 0 Å². The zero-order valence-corrected chi connectivity index (χ0v) is 6.93. The second-order valence-corrected chi connectivity index (χ2v) is 3.74. The number of amides is 1. The maximum atomic E-state index is 10.6. The van der Waals surface area contributed by atoms with Gasteiger partial charge in [0.05, 0.1) is 5.92 Å². The van der Waals surface area contributed by atoms with Crippen LogP contribution in [0.2, 0.25) is 0 Å². The van der Waals surface area contributed by atoms with Crippen molar-refractivity contribution >= 4 is 12.1 Å². The quantitative estimate of drug-likeness (QED) is 0.579. The third-order valence-electron chi connectivity index (χ3n) is 3.10. The van der Waals surface area contributed by atoms with E-state index in [0.717, 1.165) is 12.8 Å². The molecule has 13 heavy (non-hydrogen) atoms. The number of fused-ring (bicyclic) bond motifs is 1. The molecular formula is C8H11NO4. The molecule has 0 heterocycles. The molecule has 2 rings (SSSR count). The Morgan fingerprint density at radius 1 is 1.23 bits per heavy atom. The zero-order chi connectivity index (χ0) is 9.59. The molecule has 2 aliphatic rings. The van der Waals surface area contributed by atoms with E-state index in [0.29, 0.717) is 0 Å². The van der Waals surface area contributed by atoms with Gasteiger partial charge in [-0.25, -0.2) is 4.79 Å². The molecule has 0 aromatic rings. The Bertz CT molecular complexity index is 265. The van der Waals surface area contributed by atoms with E-state index < -0.39 is 12.1 Å². The summed E-state index contributed by atoms with van der Waals surface area (Å²) in [7, 11) is 0. The normalized spacial score (nSPS) is 40.9. The number of nitrogens with one attached hydrogen (secondary N) is 1. The van der Waals surface area contributed by atoms with Crippen molar-refractivity contribution in [3.8, 4) is 0 Å². The number of carbonyl (C=O) groups is 2. The third kappa shape index (κ3) is 1.24. The lowest BCUT2D eigenvalue weighted by atomic mass is 10.1. The van der Waals surface area contributed by atoms with Gasteiger partial charge >= 0.3 is 12.1 Å². The summed E-state index contributed by atoms with van der Waals surface area (Å²) >= 11 is 0. The van der Waals surface area contributed by atoms with E-state index in [-0.39, 0.29) is 23.8 Å². The molecule has 72 valence electrons. The van der Waals surface area contributed by atoms with Gasteiger partial charge in [-0.1, -0.05) is 0 Å². The highest BCUT2D eigenvalue weighted by Crippen LogP contribution is 2.57. The number of rotatable bonds is 2. The lowest BCUT2D eigenvalue weighted by Gasteiger charge is -2.12. The predicted octanol–water partition coefficient (Wildman–Crippen LogP) is 0.363. The van der Waals surface area contributed by atoms with Crippen LogP contribution in [0.5, 0.6) is 0 Å². The van der Waals surface area contributed by atoms with E-state index in [1.807, 2.05) is 0 Å². The summed E-state index contributed by atoms with van der Waals surface area (Å²) in [6.07, 6.45) is 0.569. The lowest BCUT2D eigenvalue weighted by molar-refractivity contribution is -0.139. The highest BCUT2D eigenvalue weighted by Gasteiger charge is 2.62. The topological polar surface area (TPSA) is 86.6 Å². The molecule has 2 saturated carbocycles. The summed E-state index contributed by atoms with van der Waals surface area (Å²) in [5.74, 6) is -0.819. The molecule has 0 bridgehead atoms. The fourth-order valence-electron chi connectivity index (χ4n) is 2.56. The smallest absolute Gasteiger partial charge is 0.404 e. The first-order valence-electron chi connectivity index (χ1n) is 4.33. The van der Waals surface area contributed by atoms with E-state index in [1.165, 1.54) is 0 Å². The van der Waals surface area contributed by atoms with Gasteiger partial charge in [-0.2, -0.15) is 0 Å². The molecule has 4 atom stereocenters. The Kier molecular flexibility index (Phi) is 1.68. The first kappa shape index (κ1) is 8.34. The SMILES string of the molecule is O=C(O)NC1CC[C@@H]2[C@@H](C(=O)O)[C@H]12. The van der Waals surface area contributed by atoms with Crippen LogP contribution in [0.4, 0.5) is 4.79 Å². The Morgan fingerprint density at radius 2 is 1.92 bits per heavy atom. The van der Waals surface area contributed by atoms with Crippen LogP contribution in [0.1, 0.15) is 12.8 Å². The molecule has 0 aromatic carbocycles. The van der Waals surface area contributed by atoms with Crippen LogP contribution in [0.25, 0.3) is 0 Å². The van der Waals surface area contributed by atoms with Crippen molar-refractivity contribution < 1.29 is 19.8 Å². The van der Waals surface area contributed by atoms with Gasteiger partial charge in [-0.3, -0.25) is 4.79 Å². The number of hydrogen-bond donors (Lipinski definition) is 3. The van der Waals surface area contributed by atoms with Gasteiger partial charge in [0.1, 0.15) is 0 Å². The van der Waals surface area contributed by atoms with Gasteiger partial charge < -0.3 is 15.5 Å². The summed E-state index contributed by atoms with van der Waals surface area (Å²) in [5.41, 5.74) is 0. The number of carboxylic acid groups (broad SMARTS) is 2. The highest BCUT2D eigenvalue weighted by atomic mass is 16.4. The Labute approximate surface area is 74.7 Å². The molecule has 1 amide bonds. The molecule has 3 N–H and O–H groups in total. The Morgan fingerprint density at radius 3 is 2.38 bits per heavy atom. The molecule has 1 unspecified atom stereocenters. The summed E-state index contributed by atoms with van der Waals surface area (Å²) < 4.78 is 0. The van der Waals surface area contributed by atoms with Gasteiger partial charge in [0, 0.05) is 6.04 Å². The lowest BCUT2D eigenvalue weighted by Crippen LogP contribution is -2.34. The molecule has 2 aliphatic carbocycles. The predicted molar refractivity (Wildman–Crippen MR) is 42.3 cm³/mol. The standard InChI is InChI=1S/C8H11NO4/c10-7(11)6-3-1-2-4(5(3)6)9-8(12)13/h3-6,9H,1-2H2,(H,10,11)(H,12,13)/t3-,4?,5-,6+/m0/s1. The highest BCUT2D eigenvalue weighted by molar-refractivity contribution is 5.75. The third-order valence-corrected chi connectivity index (χ3v) is 3.10. The molecule has 5 nitrogen and oxygen atoms in total. The molecule has 5 heteroatoms. The van der Waals surface area contributed by atoms with E-state index >= 15 is 0 Å². The van der Waals surface area contributed by atoms with Crippen LogP contribution in [0.3, 0.4) is 0 Å². The van der Waals surface area contributed by atoms with Gasteiger partial charge in [-0.05, 0) is 24.7 Å². The van der Waals surface area contributed by atoms with Crippen molar-refractivity contribution in [1.29, 1.82) is 0 Å². The fourth-order valence-corrected chi connectivity index (χ4v) is 2.56. The zero-order valence-electron chi connectivity index (χ0n) is 6.93. The van der Waals surface area contributed by atoms with Crippen LogP contribution in [-0.4, -0.2) is 28.3 Å². The van der Waals surface area contributed by atoms with Crippen molar-refractivity contribution in [2.75, 3.05) is 0 Å². The number of hydrogen-bond acceptors (Lipinski definition) is 2. The summed E-state index contributed by atoms with van der Waals surface area (Å²) in [5, 5.41) is 19.6. The van der Waals surface area contributed by atoms with E-state index in [1.54, 1.807) is 0 Å². The molecule has 0 saturated heterocycles. The molecule has 0 radical (unpaired) electrons. The maximum absolute atomic E-state index is 10.6. The van der Waals surface area contributed by atoms with Crippen molar-refractivity contribution in [3.63, 3.8) is 0 Å². The summed E-state index contributed by atoms with van der Waals surface area (Å²) in [6, 6.07) is -0.136. The maximum Gasteiger partial charge on any atom is 0.404 e. The minimum atomic E-state index is -1.05. The Balaban J connectivity index is 1.96. The van der Waals surface area contributed by atoms with Crippen molar-refractivity contribution in [2.24, 2.45) is 17.8 Å². The molecule has 0 aliphatic heterocycles. The minimum Gasteiger partial charge on any atom is -0.481 e. The van der Waals surface area contributed by atoms with Crippen molar-refractivity contribution in [3.05, 3.63) is 0 Å². The van der Waals surface area contributed by atoms with Crippen LogP contribution in [0.15, 0.2) is 0 Å². The largest absolute Gasteiger partial charge is 0.481 e. The van der Waals surface area contributed by atoms with Crippen LogP contribution < -0.4 is 5.32 Å². The fraction of sp³-hybridized carbons (Fsp3) is 0.750. The second kappa shape index (κ2) is 2.61. The van der Waals surface area contributed by atoms with E-state index in [9.17, 15) is 9.59 Å².